The molecule has 2 aromatic carbocycles. The van der Waals surface area contributed by atoms with Crippen molar-refractivity contribution in [2.75, 3.05) is 19.0 Å². The Hall–Kier alpha value is -3.66. The maximum Gasteiger partial charge on any atom is 0.259 e. The molecule has 2 aliphatic heterocycles. The Morgan fingerprint density at radius 2 is 1.97 bits per heavy atom. The molecule has 4 rings (SSSR count). The van der Waals surface area contributed by atoms with Gasteiger partial charge in [-0.1, -0.05) is 50.2 Å². The number of nitrogens with zero attached hydrogens (tertiary/aromatic N) is 3. The molecule has 2 atom stereocenters. The third-order valence-corrected chi connectivity index (χ3v) is 7.61. The molecule has 38 heavy (non-hydrogen) atoms. The number of hydrogen-bond donors (Lipinski definition) is 2. The molecular weight excluding hydrogens is 502 g/mol. The van der Waals surface area contributed by atoms with Crippen molar-refractivity contribution in [3.63, 3.8) is 0 Å². The quantitative estimate of drug-likeness (QED) is 0.412. The summed E-state index contributed by atoms with van der Waals surface area (Å²) in [6.45, 7) is 4.61. The second-order valence-electron chi connectivity index (χ2n) is 9.03. The molecule has 10 heteroatoms. The lowest BCUT2D eigenvalue weighted by Crippen LogP contribution is -2.42. The van der Waals surface area contributed by atoms with Crippen LogP contribution in [-0.2, 0) is 14.4 Å². The first-order valence-corrected chi connectivity index (χ1v) is 13.8. The number of thioether (sulfide) groups is 1. The van der Waals surface area contributed by atoms with Gasteiger partial charge >= 0.3 is 0 Å². The highest BCUT2D eigenvalue weighted by atomic mass is 32.2. The highest BCUT2D eigenvalue weighted by molar-refractivity contribution is 8.15. The molecule has 200 valence electrons. The molecular formula is C28H33N5O4S. The van der Waals surface area contributed by atoms with E-state index < -0.39 is 11.3 Å². The summed E-state index contributed by atoms with van der Waals surface area (Å²) in [5, 5.41) is 5.74. The molecule has 2 aromatic rings. The number of fused-ring (bicyclic) bond motifs is 3. The number of carbonyl (C=O) groups excluding carboxylic acids is 3. The van der Waals surface area contributed by atoms with Gasteiger partial charge in [0.1, 0.15) is 17.6 Å². The Labute approximate surface area is 227 Å². The van der Waals surface area contributed by atoms with E-state index in [-0.39, 0.29) is 24.1 Å². The van der Waals surface area contributed by atoms with Crippen LogP contribution in [0.5, 0.6) is 5.75 Å². The molecule has 0 saturated heterocycles. The number of amidine groups is 2. The molecule has 2 heterocycles. The van der Waals surface area contributed by atoms with Crippen molar-refractivity contribution in [2.24, 2.45) is 9.98 Å². The first kappa shape index (κ1) is 27.4. The Bertz CT molecular complexity index is 1260. The van der Waals surface area contributed by atoms with Gasteiger partial charge in [-0.25, -0.2) is 9.89 Å². The van der Waals surface area contributed by atoms with Crippen LogP contribution in [-0.4, -0.2) is 58.6 Å². The van der Waals surface area contributed by atoms with Gasteiger partial charge in [-0.2, -0.15) is 0 Å². The van der Waals surface area contributed by atoms with Crippen LogP contribution in [0.4, 0.5) is 11.4 Å². The number of unbranched alkanes of at least 4 members (excludes halogenated alkanes) is 1. The summed E-state index contributed by atoms with van der Waals surface area (Å²) >= 11 is 1.24. The molecule has 0 saturated carbocycles. The van der Waals surface area contributed by atoms with Crippen LogP contribution in [0.15, 0.2) is 58.5 Å². The summed E-state index contributed by atoms with van der Waals surface area (Å²) in [6, 6.07) is 14.0. The van der Waals surface area contributed by atoms with Crippen molar-refractivity contribution in [3.05, 3.63) is 54.1 Å². The van der Waals surface area contributed by atoms with Gasteiger partial charge in [-0.15, -0.1) is 0 Å². The van der Waals surface area contributed by atoms with Crippen LogP contribution in [0.1, 0.15) is 51.5 Å². The predicted octanol–water partition coefficient (Wildman–Crippen LogP) is 4.50. The van der Waals surface area contributed by atoms with Crippen molar-refractivity contribution in [3.8, 4) is 5.75 Å². The summed E-state index contributed by atoms with van der Waals surface area (Å²) in [4.78, 5) is 49.9. The van der Waals surface area contributed by atoms with Crippen LogP contribution < -0.4 is 15.4 Å². The minimum Gasteiger partial charge on any atom is -0.497 e. The van der Waals surface area contributed by atoms with E-state index in [0.717, 1.165) is 18.4 Å². The molecule has 0 aromatic heterocycles. The lowest BCUT2D eigenvalue weighted by molar-refractivity contribution is -0.125. The minimum atomic E-state index is -0.676. The van der Waals surface area contributed by atoms with Crippen LogP contribution in [0.2, 0.25) is 0 Å². The summed E-state index contributed by atoms with van der Waals surface area (Å²) in [5.74, 6) is 0.649. The van der Waals surface area contributed by atoms with Crippen molar-refractivity contribution in [1.82, 2.24) is 10.2 Å². The molecule has 0 spiro atoms. The molecule has 2 N–H and O–H groups in total. The number of amides is 3. The number of nitrogens with one attached hydrogen (secondary N) is 2. The maximum atomic E-state index is 13.5. The van der Waals surface area contributed by atoms with Gasteiger partial charge in [0.05, 0.1) is 18.0 Å². The highest BCUT2D eigenvalue weighted by Gasteiger charge is 2.42. The number of rotatable bonds is 11. The van der Waals surface area contributed by atoms with Crippen LogP contribution >= 0.6 is 11.8 Å². The number of ether oxygens (including phenoxy) is 1. The molecule has 2 unspecified atom stereocenters. The minimum absolute atomic E-state index is 0.0831. The Morgan fingerprint density at radius 3 is 2.74 bits per heavy atom. The summed E-state index contributed by atoms with van der Waals surface area (Å²) < 4.78 is 5.25. The summed E-state index contributed by atoms with van der Waals surface area (Å²) in [7, 11) is 1.57. The molecule has 3 amide bonds. The predicted molar refractivity (Wildman–Crippen MR) is 151 cm³/mol. The van der Waals surface area contributed by atoms with Crippen molar-refractivity contribution >= 4 is 51.9 Å². The molecule has 0 fully saturated rings. The van der Waals surface area contributed by atoms with E-state index in [0.29, 0.717) is 47.5 Å². The van der Waals surface area contributed by atoms with E-state index in [1.165, 1.54) is 16.7 Å². The van der Waals surface area contributed by atoms with Crippen LogP contribution in [0.3, 0.4) is 0 Å². The Balaban J connectivity index is 1.51. The van der Waals surface area contributed by atoms with E-state index in [1.54, 1.807) is 31.4 Å². The van der Waals surface area contributed by atoms with E-state index in [4.69, 9.17) is 14.7 Å². The van der Waals surface area contributed by atoms with Gasteiger partial charge < -0.3 is 15.4 Å². The molecule has 2 aliphatic rings. The van der Waals surface area contributed by atoms with Gasteiger partial charge in [0, 0.05) is 30.3 Å². The number of carbonyl (C=O) groups is 3. The topological polar surface area (TPSA) is 112 Å². The largest absolute Gasteiger partial charge is 0.497 e. The van der Waals surface area contributed by atoms with Gasteiger partial charge in [0.2, 0.25) is 11.8 Å². The Morgan fingerprint density at radius 1 is 1.16 bits per heavy atom. The number of hydrogen-bond acceptors (Lipinski definition) is 7. The molecule has 0 radical (unpaired) electrons. The number of anilines is 1. The average molecular weight is 536 g/mol. The van der Waals surface area contributed by atoms with E-state index >= 15 is 0 Å². The first-order chi connectivity index (χ1) is 18.4. The number of aliphatic imine (C=N–C) groups is 2. The van der Waals surface area contributed by atoms with Gasteiger partial charge in [-0.3, -0.25) is 19.4 Å². The SMILES string of the molecule is CCCCNC(=O)CCC1N=C2c3ccccc3N=C(SC(CC)C(=O)Nc3cccc(OC)c3)N2C1=O. The average Bonchev–Trinajstić information content (AvgIpc) is 3.27. The van der Waals surface area contributed by atoms with Crippen molar-refractivity contribution in [1.29, 1.82) is 0 Å². The lowest BCUT2D eigenvalue weighted by Gasteiger charge is -2.27. The normalized spacial score (nSPS) is 16.7. The van der Waals surface area contributed by atoms with E-state index in [9.17, 15) is 14.4 Å². The fraction of sp³-hybridized carbons (Fsp3) is 0.393. The third kappa shape index (κ3) is 6.24. The smallest absolute Gasteiger partial charge is 0.259 e. The maximum absolute atomic E-state index is 13.5. The zero-order chi connectivity index (χ0) is 27.1. The standard InChI is InChI=1S/C28H33N5O4S/c1-4-6-16-29-24(34)15-14-22-27(36)33-25(31-22)20-12-7-8-13-21(20)32-28(33)38-23(5-2)26(35)30-18-10-9-11-19(17-18)37-3/h7-13,17,22-23H,4-6,14-16H2,1-3H3,(H,29,34)(H,30,35). The lowest BCUT2D eigenvalue weighted by atomic mass is 10.1. The zero-order valence-electron chi connectivity index (χ0n) is 21.9. The third-order valence-electron chi connectivity index (χ3n) is 6.29. The van der Waals surface area contributed by atoms with Gasteiger partial charge in [0.15, 0.2) is 5.17 Å². The summed E-state index contributed by atoms with van der Waals surface area (Å²) in [5.41, 5.74) is 2.08. The number of para-hydroxylation sites is 1. The number of methoxy groups -OCH3 is 1. The fourth-order valence-electron chi connectivity index (χ4n) is 4.20. The second-order valence-corrected chi connectivity index (χ2v) is 10.2. The van der Waals surface area contributed by atoms with Gasteiger partial charge in [0.25, 0.3) is 5.91 Å². The second kappa shape index (κ2) is 12.7. The fourth-order valence-corrected chi connectivity index (χ4v) is 5.22. The molecule has 0 bridgehead atoms. The highest BCUT2D eigenvalue weighted by Crippen LogP contribution is 2.36. The first-order valence-electron chi connectivity index (χ1n) is 12.9. The Kier molecular flexibility index (Phi) is 9.17. The number of benzene rings is 2. The van der Waals surface area contributed by atoms with E-state index in [1.807, 2.05) is 31.2 Å². The van der Waals surface area contributed by atoms with Gasteiger partial charge in [-0.05, 0) is 43.5 Å². The van der Waals surface area contributed by atoms with E-state index in [2.05, 4.69) is 17.6 Å². The van der Waals surface area contributed by atoms with Crippen molar-refractivity contribution in [2.45, 2.75) is 57.2 Å². The summed E-state index contributed by atoms with van der Waals surface area (Å²) in [6.07, 6.45) is 2.97. The van der Waals surface area contributed by atoms with Crippen LogP contribution in [0, 0.1) is 0 Å². The monoisotopic (exact) mass is 535 g/mol. The zero-order valence-corrected chi connectivity index (χ0v) is 22.7. The molecule has 9 nitrogen and oxygen atoms in total. The van der Waals surface area contributed by atoms with Crippen LogP contribution in [0.25, 0.3) is 0 Å². The molecule has 0 aliphatic carbocycles. The van der Waals surface area contributed by atoms with Crippen molar-refractivity contribution < 1.29 is 19.1 Å².